The second-order valence-electron chi connectivity index (χ2n) is 6.79. The van der Waals surface area contributed by atoms with Crippen molar-refractivity contribution in [2.45, 2.75) is 12.6 Å². The molecule has 0 bridgehead atoms. The minimum absolute atomic E-state index is 0.137. The van der Waals surface area contributed by atoms with Crippen molar-refractivity contribution in [3.63, 3.8) is 0 Å². The van der Waals surface area contributed by atoms with Crippen LogP contribution in [0.15, 0.2) is 42.7 Å². The Hall–Kier alpha value is -4.00. The van der Waals surface area contributed by atoms with Gasteiger partial charge in [0, 0.05) is 36.2 Å². The number of ether oxygens (including phenoxy) is 1. The molecule has 1 aromatic carbocycles. The van der Waals surface area contributed by atoms with E-state index in [2.05, 4.69) is 26.3 Å². The summed E-state index contributed by atoms with van der Waals surface area (Å²) in [5.41, 5.74) is 2.44. The molecule has 0 aliphatic heterocycles. The highest BCUT2D eigenvalue weighted by Gasteiger charge is 2.32. The zero-order chi connectivity index (χ0) is 22.2. The second kappa shape index (κ2) is 7.68. The summed E-state index contributed by atoms with van der Waals surface area (Å²) in [6, 6.07) is 9.86. The molecule has 0 saturated heterocycles. The van der Waals surface area contributed by atoms with Crippen molar-refractivity contribution in [2.24, 2.45) is 7.05 Å². The molecule has 0 fully saturated rings. The summed E-state index contributed by atoms with van der Waals surface area (Å²) >= 11 is 0. The van der Waals surface area contributed by atoms with Crippen LogP contribution in [0.4, 0.5) is 13.2 Å². The first-order valence-electron chi connectivity index (χ1n) is 9.09. The van der Waals surface area contributed by atoms with Crippen molar-refractivity contribution in [1.29, 1.82) is 5.26 Å². The van der Waals surface area contributed by atoms with Gasteiger partial charge in [-0.15, -0.1) is 5.10 Å². The van der Waals surface area contributed by atoms with Gasteiger partial charge in [0.05, 0.1) is 30.1 Å². The Bertz CT molecular complexity index is 1310. The molecule has 0 atom stereocenters. The van der Waals surface area contributed by atoms with E-state index in [4.69, 9.17) is 4.74 Å². The normalized spacial score (nSPS) is 11.5. The number of nitriles is 1. The Kier molecular flexibility index (Phi) is 5.02. The topological polar surface area (TPSA) is 89.5 Å². The molecule has 4 rings (SSSR count). The largest absolute Gasteiger partial charge is 0.481 e. The number of aryl methyl sites for hydroxylation is 1. The van der Waals surface area contributed by atoms with Crippen molar-refractivity contribution in [3.05, 3.63) is 65.1 Å². The van der Waals surface area contributed by atoms with Crippen LogP contribution >= 0.6 is 0 Å². The lowest BCUT2D eigenvalue weighted by molar-refractivity contribution is -0.141. The first-order valence-corrected chi connectivity index (χ1v) is 9.09. The second-order valence-corrected chi connectivity index (χ2v) is 6.79. The summed E-state index contributed by atoms with van der Waals surface area (Å²) in [6.45, 7) is 0. The highest BCUT2D eigenvalue weighted by molar-refractivity contribution is 5.90. The van der Waals surface area contributed by atoms with E-state index in [0.29, 0.717) is 27.6 Å². The van der Waals surface area contributed by atoms with Crippen LogP contribution in [0.25, 0.3) is 22.2 Å². The molecule has 3 aromatic heterocycles. The van der Waals surface area contributed by atoms with Gasteiger partial charge in [0.1, 0.15) is 11.8 Å². The van der Waals surface area contributed by atoms with E-state index in [1.807, 2.05) is 12.1 Å². The minimum Gasteiger partial charge on any atom is -0.481 e. The average Bonchev–Trinajstić information content (AvgIpc) is 3.18. The number of rotatable bonds is 4. The molecule has 7 nitrogen and oxygen atoms in total. The van der Waals surface area contributed by atoms with Crippen LogP contribution in [0.1, 0.15) is 22.4 Å². The zero-order valence-electron chi connectivity index (χ0n) is 16.5. The number of hydrogen-bond acceptors (Lipinski definition) is 6. The summed E-state index contributed by atoms with van der Waals surface area (Å²) in [6.07, 6.45) is -1.63. The van der Waals surface area contributed by atoms with E-state index in [-0.39, 0.29) is 12.3 Å². The number of alkyl halides is 3. The summed E-state index contributed by atoms with van der Waals surface area (Å²) in [7, 11) is 3.19. The number of nitrogens with zero attached hydrogens (tertiary/aromatic N) is 6. The summed E-state index contributed by atoms with van der Waals surface area (Å²) < 4.78 is 45.4. The molecule has 0 unspecified atom stereocenters. The van der Waals surface area contributed by atoms with Crippen molar-refractivity contribution < 1.29 is 17.9 Å². The maximum atomic E-state index is 12.8. The van der Waals surface area contributed by atoms with Crippen LogP contribution in [-0.2, 0) is 19.6 Å². The molecule has 4 aromatic rings. The van der Waals surface area contributed by atoms with E-state index in [0.717, 1.165) is 23.5 Å². The Labute approximate surface area is 174 Å². The molecule has 0 aliphatic rings. The highest BCUT2D eigenvalue weighted by Crippen LogP contribution is 2.33. The lowest BCUT2D eigenvalue weighted by Gasteiger charge is -2.13. The quantitative estimate of drug-likeness (QED) is 0.493. The van der Waals surface area contributed by atoms with Gasteiger partial charge in [-0.1, -0.05) is 17.3 Å². The summed E-state index contributed by atoms with van der Waals surface area (Å²) in [4.78, 5) is 7.98. The maximum Gasteiger partial charge on any atom is 0.433 e. The fourth-order valence-corrected chi connectivity index (χ4v) is 3.35. The summed E-state index contributed by atoms with van der Waals surface area (Å²) in [5.74, 6) is 0.235. The molecule has 0 saturated carbocycles. The number of methoxy groups -OCH3 is 1. The lowest BCUT2D eigenvalue weighted by atomic mass is 9.97. The van der Waals surface area contributed by atoms with Gasteiger partial charge in [-0.05, 0) is 23.8 Å². The number of fused-ring (bicyclic) bond motifs is 1. The van der Waals surface area contributed by atoms with Gasteiger partial charge in [-0.3, -0.25) is 4.98 Å². The van der Waals surface area contributed by atoms with E-state index in [9.17, 15) is 18.4 Å². The standard InChI is InChI=1S/C21H15F3N6O/c1-30-18(11-27-29-30)13-4-5-17-14(8-13)16(9-25)15(20(28-17)31-2)7-12-3-6-19(26-10-12)21(22,23)24/h3-6,8,10-11H,7H2,1-2H3. The number of benzene rings is 1. The van der Waals surface area contributed by atoms with E-state index in [1.165, 1.54) is 13.2 Å². The van der Waals surface area contributed by atoms with Gasteiger partial charge >= 0.3 is 6.18 Å². The van der Waals surface area contributed by atoms with Crippen molar-refractivity contribution in [2.75, 3.05) is 7.11 Å². The van der Waals surface area contributed by atoms with Gasteiger partial charge in [0.15, 0.2) is 0 Å². The Morgan fingerprint density at radius 1 is 1.16 bits per heavy atom. The van der Waals surface area contributed by atoms with Crippen LogP contribution < -0.4 is 4.74 Å². The molecular formula is C21H15F3N6O. The molecule has 0 spiro atoms. The molecule has 0 radical (unpaired) electrons. The van der Waals surface area contributed by atoms with Crippen LogP contribution in [0.3, 0.4) is 0 Å². The minimum atomic E-state index is -4.52. The molecule has 31 heavy (non-hydrogen) atoms. The van der Waals surface area contributed by atoms with Crippen molar-refractivity contribution in [3.8, 4) is 23.2 Å². The molecule has 0 aliphatic carbocycles. The highest BCUT2D eigenvalue weighted by atomic mass is 19.4. The molecule has 0 amide bonds. The summed E-state index contributed by atoms with van der Waals surface area (Å²) in [5, 5.41) is 18.3. The number of pyridine rings is 2. The average molecular weight is 424 g/mol. The number of hydrogen-bond donors (Lipinski definition) is 0. The molecule has 156 valence electrons. The fourth-order valence-electron chi connectivity index (χ4n) is 3.35. The third-order valence-corrected chi connectivity index (χ3v) is 4.86. The SMILES string of the molecule is COc1nc2ccc(-c3cnnn3C)cc2c(C#N)c1Cc1ccc(C(F)(F)F)nc1. The third-order valence-electron chi connectivity index (χ3n) is 4.86. The van der Waals surface area contributed by atoms with Crippen molar-refractivity contribution >= 4 is 10.9 Å². The molecule has 10 heteroatoms. The maximum absolute atomic E-state index is 12.8. The van der Waals surface area contributed by atoms with E-state index < -0.39 is 11.9 Å². The number of aromatic nitrogens is 5. The van der Waals surface area contributed by atoms with Crippen LogP contribution in [-0.4, -0.2) is 32.1 Å². The fraction of sp³-hybridized carbons (Fsp3) is 0.190. The lowest BCUT2D eigenvalue weighted by Crippen LogP contribution is -2.08. The predicted octanol–water partition coefficient (Wildman–Crippen LogP) is 3.92. The monoisotopic (exact) mass is 424 g/mol. The van der Waals surface area contributed by atoms with Gasteiger partial charge in [-0.25, -0.2) is 9.67 Å². The first kappa shape index (κ1) is 20.3. The molecule has 0 N–H and O–H groups in total. The zero-order valence-corrected chi connectivity index (χ0v) is 16.5. The van der Waals surface area contributed by atoms with Gasteiger partial charge < -0.3 is 4.74 Å². The van der Waals surface area contributed by atoms with Gasteiger partial charge in [0.2, 0.25) is 5.88 Å². The number of halogens is 3. The predicted molar refractivity (Wildman–Crippen MR) is 105 cm³/mol. The Morgan fingerprint density at radius 3 is 2.55 bits per heavy atom. The van der Waals surface area contributed by atoms with Crippen molar-refractivity contribution in [1.82, 2.24) is 25.0 Å². The van der Waals surface area contributed by atoms with Crippen LogP contribution in [0.2, 0.25) is 0 Å². The van der Waals surface area contributed by atoms with Crippen LogP contribution in [0.5, 0.6) is 5.88 Å². The van der Waals surface area contributed by atoms with Gasteiger partial charge in [-0.2, -0.15) is 18.4 Å². The van der Waals surface area contributed by atoms with Crippen LogP contribution in [0, 0.1) is 11.3 Å². The Balaban J connectivity index is 1.83. The third kappa shape index (κ3) is 3.77. The first-order chi connectivity index (χ1) is 14.8. The molecule has 3 heterocycles. The van der Waals surface area contributed by atoms with E-state index in [1.54, 1.807) is 24.0 Å². The van der Waals surface area contributed by atoms with E-state index >= 15 is 0 Å². The smallest absolute Gasteiger partial charge is 0.433 e. The molecular weight excluding hydrogens is 409 g/mol. The van der Waals surface area contributed by atoms with Gasteiger partial charge in [0.25, 0.3) is 0 Å². The Morgan fingerprint density at radius 2 is 1.97 bits per heavy atom.